The first-order valence-electron chi connectivity index (χ1n) is 4.97. The Morgan fingerprint density at radius 2 is 2.17 bits per heavy atom. The van der Waals surface area contributed by atoms with Gasteiger partial charge in [-0.2, -0.15) is 0 Å². The number of pyridine rings is 1. The number of aromatic hydroxyl groups is 1. The lowest BCUT2D eigenvalue weighted by Gasteiger charge is -2.08. The molecule has 6 heteroatoms. The minimum Gasteiger partial charge on any atom is -0.506 e. The highest BCUT2D eigenvalue weighted by Gasteiger charge is 2.12. The second-order valence-corrected chi connectivity index (χ2v) is 3.89. The summed E-state index contributed by atoms with van der Waals surface area (Å²) in [5.74, 6) is -1.39. The largest absolute Gasteiger partial charge is 0.506 e. The Hall–Kier alpha value is -2.14. The molecule has 2 N–H and O–H groups in total. The third-order valence-corrected chi connectivity index (χ3v) is 2.50. The summed E-state index contributed by atoms with van der Waals surface area (Å²) in [6.07, 6.45) is 2.44. The molecule has 1 heterocycles. The quantitative estimate of drug-likeness (QED) is 0.879. The van der Waals surface area contributed by atoms with Gasteiger partial charge in [0.05, 0.1) is 22.5 Å². The van der Waals surface area contributed by atoms with Gasteiger partial charge < -0.3 is 10.4 Å². The van der Waals surface area contributed by atoms with E-state index in [-0.39, 0.29) is 22.0 Å². The van der Waals surface area contributed by atoms with E-state index in [1.807, 2.05) is 0 Å². The molecule has 0 radical (unpaired) electrons. The maximum Gasteiger partial charge on any atom is 0.257 e. The molecule has 2 aromatic rings. The summed E-state index contributed by atoms with van der Waals surface area (Å²) >= 11 is 5.77. The lowest BCUT2D eigenvalue weighted by atomic mass is 10.2. The molecule has 0 unspecified atom stereocenters. The Balaban J connectivity index is 2.27. The third-order valence-electron chi connectivity index (χ3n) is 2.19. The Morgan fingerprint density at radius 1 is 1.39 bits per heavy atom. The van der Waals surface area contributed by atoms with Crippen molar-refractivity contribution in [2.75, 3.05) is 5.32 Å². The Morgan fingerprint density at radius 3 is 2.83 bits per heavy atom. The van der Waals surface area contributed by atoms with Crippen molar-refractivity contribution in [2.24, 2.45) is 0 Å². The van der Waals surface area contributed by atoms with Gasteiger partial charge in [0.1, 0.15) is 11.6 Å². The predicted molar refractivity (Wildman–Crippen MR) is 65.3 cm³/mol. The van der Waals surface area contributed by atoms with E-state index in [1.165, 1.54) is 36.7 Å². The number of para-hydroxylation sites is 1. The summed E-state index contributed by atoms with van der Waals surface area (Å²) in [4.78, 5) is 15.4. The highest BCUT2D eigenvalue weighted by Crippen LogP contribution is 2.25. The van der Waals surface area contributed by atoms with E-state index in [1.54, 1.807) is 0 Å². The van der Waals surface area contributed by atoms with Crippen LogP contribution in [0.15, 0.2) is 36.7 Å². The molecule has 0 spiro atoms. The maximum absolute atomic E-state index is 13.4. The highest BCUT2D eigenvalue weighted by atomic mass is 35.5. The van der Waals surface area contributed by atoms with E-state index >= 15 is 0 Å². The first-order chi connectivity index (χ1) is 8.58. The lowest BCUT2D eigenvalue weighted by molar-refractivity contribution is 0.102. The Kier molecular flexibility index (Phi) is 3.43. The van der Waals surface area contributed by atoms with Crippen molar-refractivity contribution < 1.29 is 14.3 Å². The fraction of sp³-hybridized carbons (Fsp3) is 0. The molecule has 1 aromatic carbocycles. The van der Waals surface area contributed by atoms with Crippen molar-refractivity contribution in [2.45, 2.75) is 0 Å². The number of halogens is 2. The molecular formula is C12H8ClFN2O2. The summed E-state index contributed by atoms with van der Waals surface area (Å²) in [6, 6.07) is 5.30. The zero-order valence-corrected chi connectivity index (χ0v) is 9.78. The summed E-state index contributed by atoms with van der Waals surface area (Å²) in [7, 11) is 0. The van der Waals surface area contributed by atoms with Gasteiger partial charge in [0, 0.05) is 6.20 Å². The molecule has 0 aliphatic heterocycles. The van der Waals surface area contributed by atoms with Gasteiger partial charge in [-0.3, -0.25) is 9.78 Å². The second-order valence-electron chi connectivity index (χ2n) is 3.48. The third kappa shape index (κ3) is 2.57. The van der Waals surface area contributed by atoms with Crippen LogP contribution in [0.1, 0.15) is 10.4 Å². The van der Waals surface area contributed by atoms with Gasteiger partial charge in [0.25, 0.3) is 5.91 Å². The van der Waals surface area contributed by atoms with E-state index in [0.717, 1.165) is 0 Å². The molecule has 0 aliphatic rings. The van der Waals surface area contributed by atoms with E-state index in [4.69, 9.17) is 11.6 Å². The minimum atomic E-state index is -0.635. The zero-order valence-electron chi connectivity index (χ0n) is 9.02. The second kappa shape index (κ2) is 5.01. The molecule has 1 amide bonds. The number of rotatable bonds is 2. The number of nitrogens with one attached hydrogen (secondary N) is 1. The molecule has 0 atom stereocenters. The number of carbonyl (C=O) groups excluding carboxylic acids is 1. The topological polar surface area (TPSA) is 62.2 Å². The lowest BCUT2D eigenvalue weighted by Crippen LogP contribution is -2.13. The number of benzene rings is 1. The average molecular weight is 267 g/mol. The fourth-order valence-electron chi connectivity index (χ4n) is 1.35. The molecule has 1 aromatic heterocycles. The van der Waals surface area contributed by atoms with Crippen molar-refractivity contribution >= 4 is 23.2 Å². The SMILES string of the molecule is O=C(Nc1c(F)cccc1Cl)c1cncc(O)c1. The number of carbonyl (C=O) groups is 1. The van der Waals surface area contributed by atoms with Crippen LogP contribution in [-0.4, -0.2) is 16.0 Å². The molecular weight excluding hydrogens is 259 g/mol. The van der Waals surface area contributed by atoms with Crippen molar-refractivity contribution in [3.05, 3.63) is 53.1 Å². The van der Waals surface area contributed by atoms with E-state index in [9.17, 15) is 14.3 Å². The Labute approximate surface area is 107 Å². The molecule has 0 bridgehead atoms. The standard InChI is InChI=1S/C12H8ClFN2O2/c13-9-2-1-3-10(14)11(9)16-12(18)7-4-8(17)6-15-5-7/h1-6,17H,(H,16,18). The van der Waals surface area contributed by atoms with Crippen molar-refractivity contribution in [1.29, 1.82) is 0 Å². The average Bonchev–Trinajstić information content (AvgIpc) is 2.34. The maximum atomic E-state index is 13.4. The molecule has 0 saturated heterocycles. The molecule has 18 heavy (non-hydrogen) atoms. The number of nitrogens with zero attached hydrogens (tertiary/aromatic N) is 1. The molecule has 0 saturated carbocycles. The first-order valence-corrected chi connectivity index (χ1v) is 5.35. The van der Waals surface area contributed by atoms with E-state index in [0.29, 0.717) is 0 Å². The minimum absolute atomic E-state index is 0.0939. The summed E-state index contributed by atoms with van der Waals surface area (Å²) in [6.45, 7) is 0. The van der Waals surface area contributed by atoms with Gasteiger partial charge in [-0.05, 0) is 18.2 Å². The normalized spacial score (nSPS) is 10.1. The first kappa shape index (κ1) is 12.3. The summed E-state index contributed by atoms with van der Waals surface area (Å²) in [5.41, 5.74) is 0.00169. The number of hydrogen-bond acceptors (Lipinski definition) is 3. The van der Waals surface area contributed by atoms with Crippen LogP contribution in [0.25, 0.3) is 0 Å². The fourth-order valence-corrected chi connectivity index (χ4v) is 1.57. The van der Waals surface area contributed by atoms with Crippen LogP contribution in [0.5, 0.6) is 5.75 Å². The smallest absolute Gasteiger partial charge is 0.257 e. The van der Waals surface area contributed by atoms with Crippen LogP contribution in [0.4, 0.5) is 10.1 Å². The van der Waals surface area contributed by atoms with Crippen molar-refractivity contribution in [3.63, 3.8) is 0 Å². The van der Waals surface area contributed by atoms with E-state index < -0.39 is 11.7 Å². The van der Waals surface area contributed by atoms with Crippen LogP contribution < -0.4 is 5.32 Å². The summed E-state index contributed by atoms with van der Waals surface area (Å²) < 4.78 is 13.4. The van der Waals surface area contributed by atoms with Gasteiger partial charge in [-0.15, -0.1) is 0 Å². The number of amides is 1. The Bertz CT molecular complexity index is 584. The van der Waals surface area contributed by atoms with Crippen LogP contribution in [0.3, 0.4) is 0 Å². The number of anilines is 1. The van der Waals surface area contributed by atoms with Crippen LogP contribution >= 0.6 is 11.6 Å². The molecule has 0 fully saturated rings. The van der Waals surface area contributed by atoms with Gasteiger partial charge in [0.2, 0.25) is 0 Å². The van der Waals surface area contributed by atoms with E-state index in [2.05, 4.69) is 10.3 Å². The van der Waals surface area contributed by atoms with Gasteiger partial charge in [0.15, 0.2) is 0 Å². The molecule has 0 aliphatic carbocycles. The van der Waals surface area contributed by atoms with Gasteiger partial charge in [-0.1, -0.05) is 17.7 Å². The van der Waals surface area contributed by atoms with Crippen LogP contribution in [0.2, 0.25) is 5.02 Å². The van der Waals surface area contributed by atoms with Crippen molar-refractivity contribution in [3.8, 4) is 5.75 Å². The van der Waals surface area contributed by atoms with Crippen LogP contribution in [0, 0.1) is 5.82 Å². The molecule has 4 nitrogen and oxygen atoms in total. The van der Waals surface area contributed by atoms with Gasteiger partial charge in [-0.25, -0.2) is 4.39 Å². The molecule has 92 valence electrons. The number of aromatic nitrogens is 1. The number of hydrogen-bond donors (Lipinski definition) is 2. The predicted octanol–water partition coefficient (Wildman–Crippen LogP) is 2.83. The van der Waals surface area contributed by atoms with Crippen LogP contribution in [-0.2, 0) is 0 Å². The molecule has 2 rings (SSSR count). The monoisotopic (exact) mass is 266 g/mol. The van der Waals surface area contributed by atoms with Gasteiger partial charge >= 0.3 is 0 Å². The highest BCUT2D eigenvalue weighted by molar-refractivity contribution is 6.33. The summed E-state index contributed by atoms with van der Waals surface area (Å²) in [5, 5.41) is 11.6. The zero-order chi connectivity index (χ0) is 13.1. The van der Waals surface area contributed by atoms with Crippen molar-refractivity contribution in [1.82, 2.24) is 4.98 Å².